The van der Waals surface area contributed by atoms with Crippen molar-refractivity contribution >= 4 is 5.78 Å². The first kappa shape index (κ1) is 17.7. The number of ketones is 1. The molecule has 0 aromatic carbocycles. The molecule has 0 amide bonds. The lowest BCUT2D eigenvalue weighted by molar-refractivity contribution is -0.122. The molecule has 0 radical (unpaired) electrons. The van der Waals surface area contributed by atoms with Crippen LogP contribution >= 0.6 is 0 Å². The summed E-state index contributed by atoms with van der Waals surface area (Å²) < 4.78 is 0. The molecule has 0 aliphatic heterocycles. The summed E-state index contributed by atoms with van der Waals surface area (Å²) in [5.41, 5.74) is 0. The Hall–Kier alpha value is -0.330. The zero-order valence-corrected chi connectivity index (χ0v) is 13.3. The SMILES string of the molecule is CC.CCC1CCC(CCCC(=O)C(C)C)CC1. The van der Waals surface area contributed by atoms with Gasteiger partial charge in [0.05, 0.1) is 0 Å². The van der Waals surface area contributed by atoms with Crippen LogP contribution in [0.5, 0.6) is 0 Å². The van der Waals surface area contributed by atoms with Crippen molar-refractivity contribution in [3.05, 3.63) is 0 Å². The predicted octanol–water partition coefficient (Wildman–Crippen LogP) is 5.62. The molecule has 0 aromatic heterocycles. The van der Waals surface area contributed by atoms with Crippen LogP contribution in [0.25, 0.3) is 0 Å². The molecule has 0 atom stereocenters. The molecule has 0 aromatic rings. The molecule has 1 aliphatic rings. The minimum absolute atomic E-state index is 0.232. The van der Waals surface area contributed by atoms with E-state index in [-0.39, 0.29) is 5.92 Å². The highest BCUT2D eigenvalue weighted by molar-refractivity contribution is 5.80. The molecule has 1 heteroatoms. The Morgan fingerprint density at radius 3 is 2.00 bits per heavy atom. The molecule has 1 saturated carbocycles. The normalized spacial score (nSPS) is 23.4. The number of Topliss-reactive ketones (excluding diaryl/α,β-unsaturated/α-hetero) is 1. The number of carbonyl (C=O) groups excluding carboxylic acids is 1. The fourth-order valence-electron chi connectivity index (χ4n) is 2.78. The van der Waals surface area contributed by atoms with E-state index in [0.717, 1.165) is 24.7 Å². The van der Waals surface area contributed by atoms with Gasteiger partial charge < -0.3 is 0 Å². The molecule has 108 valence electrons. The Labute approximate surface area is 115 Å². The summed E-state index contributed by atoms with van der Waals surface area (Å²) in [6.07, 6.45) is 10.3. The summed E-state index contributed by atoms with van der Waals surface area (Å²) in [5, 5.41) is 0. The summed E-state index contributed by atoms with van der Waals surface area (Å²) in [6.45, 7) is 10.3. The first-order valence-corrected chi connectivity index (χ1v) is 8.16. The molecule has 1 aliphatic carbocycles. The van der Waals surface area contributed by atoms with Crippen LogP contribution in [0, 0.1) is 17.8 Å². The van der Waals surface area contributed by atoms with Crippen molar-refractivity contribution in [3.63, 3.8) is 0 Å². The van der Waals surface area contributed by atoms with E-state index in [0.29, 0.717) is 5.78 Å². The molecule has 0 unspecified atom stereocenters. The largest absolute Gasteiger partial charge is 0.299 e. The molecule has 0 spiro atoms. The maximum Gasteiger partial charge on any atom is 0.135 e. The highest BCUT2D eigenvalue weighted by atomic mass is 16.1. The Balaban J connectivity index is 0.00000137. The molecule has 0 bridgehead atoms. The zero-order chi connectivity index (χ0) is 14.0. The van der Waals surface area contributed by atoms with Crippen molar-refractivity contribution in [2.75, 3.05) is 0 Å². The average Bonchev–Trinajstić information content (AvgIpc) is 2.41. The standard InChI is InChI=1S/C15H28O.C2H6/c1-4-13-8-10-14(11-9-13)6-5-7-15(16)12(2)3;1-2/h12-14H,4-11H2,1-3H3;1-2H3. The van der Waals surface area contributed by atoms with Crippen LogP contribution in [0.3, 0.4) is 0 Å². The topological polar surface area (TPSA) is 17.1 Å². The van der Waals surface area contributed by atoms with E-state index in [2.05, 4.69) is 6.92 Å². The molecule has 18 heavy (non-hydrogen) atoms. The van der Waals surface area contributed by atoms with Gasteiger partial charge in [-0.1, -0.05) is 73.1 Å². The average molecular weight is 254 g/mol. The second-order valence-electron chi connectivity index (χ2n) is 5.81. The number of hydrogen-bond acceptors (Lipinski definition) is 1. The van der Waals surface area contributed by atoms with Crippen LogP contribution < -0.4 is 0 Å². The highest BCUT2D eigenvalue weighted by Crippen LogP contribution is 2.33. The minimum atomic E-state index is 0.232. The molecular formula is C17H34O. The molecule has 0 heterocycles. The van der Waals surface area contributed by atoms with E-state index in [1.54, 1.807) is 0 Å². The predicted molar refractivity (Wildman–Crippen MR) is 80.8 cm³/mol. The van der Waals surface area contributed by atoms with Crippen LogP contribution in [0.1, 0.15) is 86.0 Å². The van der Waals surface area contributed by atoms with E-state index in [9.17, 15) is 4.79 Å². The van der Waals surface area contributed by atoms with Crippen molar-refractivity contribution in [2.45, 2.75) is 86.0 Å². The van der Waals surface area contributed by atoms with Gasteiger partial charge in [-0.3, -0.25) is 4.79 Å². The lowest BCUT2D eigenvalue weighted by atomic mass is 9.79. The summed E-state index contributed by atoms with van der Waals surface area (Å²) in [6, 6.07) is 0. The second kappa shape index (κ2) is 10.6. The minimum Gasteiger partial charge on any atom is -0.299 e. The Morgan fingerprint density at radius 2 is 1.56 bits per heavy atom. The smallest absolute Gasteiger partial charge is 0.135 e. The summed E-state index contributed by atoms with van der Waals surface area (Å²) in [5.74, 6) is 2.59. The lowest BCUT2D eigenvalue weighted by Crippen LogP contribution is -2.14. The molecule has 1 nitrogen and oxygen atoms in total. The third kappa shape index (κ3) is 7.18. The van der Waals surface area contributed by atoms with Gasteiger partial charge in [-0.05, 0) is 18.3 Å². The zero-order valence-electron chi connectivity index (χ0n) is 13.3. The van der Waals surface area contributed by atoms with Crippen LogP contribution in [0.2, 0.25) is 0 Å². The Morgan fingerprint density at radius 1 is 1.06 bits per heavy atom. The van der Waals surface area contributed by atoms with Crippen LogP contribution in [0.15, 0.2) is 0 Å². The first-order valence-electron chi connectivity index (χ1n) is 8.16. The van der Waals surface area contributed by atoms with E-state index in [1.807, 2.05) is 27.7 Å². The van der Waals surface area contributed by atoms with Gasteiger partial charge in [0, 0.05) is 12.3 Å². The van der Waals surface area contributed by atoms with Crippen LogP contribution in [-0.2, 0) is 4.79 Å². The van der Waals surface area contributed by atoms with E-state index < -0.39 is 0 Å². The maximum absolute atomic E-state index is 11.5. The maximum atomic E-state index is 11.5. The van der Waals surface area contributed by atoms with Gasteiger partial charge in [0.25, 0.3) is 0 Å². The monoisotopic (exact) mass is 254 g/mol. The molecule has 1 fully saturated rings. The third-order valence-corrected chi connectivity index (χ3v) is 4.22. The number of carbonyl (C=O) groups is 1. The van der Waals surface area contributed by atoms with Gasteiger partial charge in [-0.15, -0.1) is 0 Å². The van der Waals surface area contributed by atoms with Gasteiger partial charge >= 0.3 is 0 Å². The van der Waals surface area contributed by atoms with Gasteiger partial charge in [0.1, 0.15) is 5.78 Å². The van der Waals surface area contributed by atoms with Gasteiger partial charge in [0.2, 0.25) is 0 Å². The van der Waals surface area contributed by atoms with E-state index >= 15 is 0 Å². The van der Waals surface area contributed by atoms with Crippen molar-refractivity contribution in [2.24, 2.45) is 17.8 Å². The van der Waals surface area contributed by atoms with Crippen LogP contribution in [0.4, 0.5) is 0 Å². The third-order valence-electron chi connectivity index (χ3n) is 4.22. The number of rotatable bonds is 6. The summed E-state index contributed by atoms with van der Waals surface area (Å²) in [7, 11) is 0. The summed E-state index contributed by atoms with van der Waals surface area (Å²) in [4.78, 5) is 11.5. The van der Waals surface area contributed by atoms with Crippen LogP contribution in [-0.4, -0.2) is 5.78 Å². The molecule has 1 rings (SSSR count). The molecule has 0 saturated heterocycles. The molecular weight excluding hydrogens is 220 g/mol. The van der Waals surface area contributed by atoms with E-state index in [1.165, 1.54) is 38.5 Å². The highest BCUT2D eigenvalue weighted by Gasteiger charge is 2.19. The Kier molecular flexibility index (Phi) is 10.4. The fraction of sp³-hybridized carbons (Fsp3) is 0.941. The lowest BCUT2D eigenvalue weighted by Gasteiger charge is -2.27. The summed E-state index contributed by atoms with van der Waals surface area (Å²) >= 11 is 0. The van der Waals surface area contributed by atoms with E-state index in [4.69, 9.17) is 0 Å². The van der Waals surface area contributed by atoms with Gasteiger partial charge in [0.15, 0.2) is 0 Å². The van der Waals surface area contributed by atoms with Crippen molar-refractivity contribution in [1.29, 1.82) is 0 Å². The van der Waals surface area contributed by atoms with Gasteiger partial charge in [-0.2, -0.15) is 0 Å². The second-order valence-corrected chi connectivity index (χ2v) is 5.81. The quantitative estimate of drug-likeness (QED) is 0.601. The van der Waals surface area contributed by atoms with Gasteiger partial charge in [-0.25, -0.2) is 0 Å². The first-order chi connectivity index (χ1) is 8.63. The van der Waals surface area contributed by atoms with Crippen molar-refractivity contribution in [3.8, 4) is 0 Å². The number of hydrogen-bond donors (Lipinski definition) is 0. The Bertz CT molecular complexity index is 200. The molecule has 0 N–H and O–H groups in total. The van der Waals surface area contributed by atoms with Crippen molar-refractivity contribution in [1.82, 2.24) is 0 Å². The fourth-order valence-corrected chi connectivity index (χ4v) is 2.78. The van der Waals surface area contributed by atoms with Crippen molar-refractivity contribution < 1.29 is 4.79 Å².